The summed E-state index contributed by atoms with van der Waals surface area (Å²) in [5.41, 5.74) is 2.47. The number of carbonyl (C=O) groups excluding carboxylic acids is 1. The van der Waals surface area contributed by atoms with Gasteiger partial charge in [0.25, 0.3) is 0 Å². The van der Waals surface area contributed by atoms with Crippen LogP contribution in [0.4, 0.5) is 4.79 Å². The Morgan fingerprint density at radius 2 is 1.72 bits per heavy atom. The van der Waals surface area contributed by atoms with Gasteiger partial charge in [-0.2, -0.15) is 4.31 Å². The Bertz CT molecular complexity index is 1440. The minimum Gasteiger partial charge on any atom is -0.444 e. The number of aromatic nitrogens is 1. The average Bonchev–Trinajstić information content (AvgIpc) is 3.31. The highest BCUT2D eigenvalue weighted by Gasteiger charge is 2.37. The number of hydrogen-bond donors (Lipinski definition) is 0. The molecule has 1 amide bonds. The summed E-state index contributed by atoms with van der Waals surface area (Å²) in [6.07, 6.45) is 3.24. The molecule has 3 aromatic rings. The van der Waals surface area contributed by atoms with Crippen molar-refractivity contribution in [1.82, 2.24) is 14.2 Å². The zero-order valence-corrected chi connectivity index (χ0v) is 25.1. The summed E-state index contributed by atoms with van der Waals surface area (Å²) in [6, 6.07) is 13.2. The zero-order valence-electron chi connectivity index (χ0n) is 23.5. The number of aryl methyl sites for hydroxylation is 1. The van der Waals surface area contributed by atoms with E-state index in [-0.39, 0.29) is 12.1 Å². The lowest BCUT2D eigenvalue weighted by molar-refractivity contribution is 0.0205. The van der Waals surface area contributed by atoms with Crippen molar-refractivity contribution in [2.75, 3.05) is 19.6 Å². The first kappa shape index (κ1) is 28.1. The van der Waals surface area contributed by atoms with Crippen molar-refractivity contribution in [3.63, 3.8) is 0 Å². The van der Waals surface area contributed by atoms with Gasteiger partial charge in [-0.25, -0.2) is 18.2 Å². The molecule has 2 fully saturated rings. The van der Waals surface area contributed by atoms with E-state index in [1.807, 2.05) is 39.8 Å². The zero-order chi connectivity index (χ0) is 27.9. The first-order valence-electron chi connectivity index (χ1n) is 13.9. The van der Waals surface area contributed by atoms with Gasteiger partial charge in [-0.1, -0.05) is 30.7 Å². The lowest BCUT2D eigenvalue weighted by atomic mass is 9.92. The number of amides is 1. The lowest BCUT2D eigenvalue weighted by Crippen LogP contribution is -2.41. The second-order valence-corrected chi connectivity index (χ2v) is 15.1. The van der Waals surface area contributed by atoms with E-state index < -0.39 is 15.6 Å². The largest absolute Gasteiger partial charge is 0.444 e. The number of thiazole rings is 1. The molecule has 0 saturated carbocycles. The fourth-order valence-corrected chi connectivity index (χ4v) is 8.42. The molecule has 0 N–H and O–H groups in total. The number of rotatable bonds is 4. The number of nitrogens with zero attached hydrogens (tertiary/aromatic N) is 3. The average molecular weight is 570 g/mol. The van der Waals surface area contributed by atoms with E-state index in [1.54, 1.807) is 32.7 Å². The van der Waals surface area contributed by atoms with Gasteiger partial charge in [0.05, 0.1) is 26.2 Å². The second-order valence-electron chi connectivity index (χ2n) is 12.1. The van der Waals surface area contributed by atoms with Crippen LogP contribution in [0.15, 0.2) is 47.4 Å². The second kappa shape index (κ2) is 10.8. The molecule has 3 heterocycles. The summed E-state index contributed by atoms with van der Waals surface area (Å²) in [7, 11) is -3.63. The molecule has 0 spiro atoms. The minimum absolute atomic E-state index is 0.209. The Labute approximate surface area is 236 Å². The van der Waals surface area contributed by atoms with Gasteiger partial charge in [-0.15, -0.1) is 11.3 Å². The molecule has 5 rings (SSSR count). The fraction of sp³-hybridized carbons (Fsp3) is 0.533. The van der Waals surface area contributed by atoms with Gasteiger partial charge in [0.2, 0.25) is 10.0 Å². The number of fused-ring (bicyclic) bond motifs is 1. The van der Waals surface area contributed by atoms with Crippen LogP contribution in [-0.4, -0.2) is 53.9 Å². The van der Waals surface area contributed by atoms with Crippen LogP contribution >= 0.6 is 11.3 Å². The number of piperidine rings is 2. The van der Waals surface area contributed by atoms with Crippen LogP contribution in [-0.2, 0) is 14.8 Å². The molecule has 2 aliphatic rings. The first-order valence-corrected chi connectivity index (χ1v) is 16.1. The van der Waals surface area contributed by atoms with Gasteiger partial charge in [-0.05, 0) is 89.1 Å². The maximum absolute atomic E-state index is 13.7. The van der Waals surface area contributed by atoms with Crippen LogP contribution in [0.5, 0.6) is 0 Å². The van der Waals surface area contributed by atoms with Gasteiger partial charge in [-0.3, -0.25) is 0 Å². The van der Waals surface area contributed by atoms with Crippen LogP contribution < -0.4 is 0 Å². The predicted molar refractivity (Wildman–Crippen MR) is 156 cm³/mol. The van der Waals surface area contributed by atoms with E-state index in [0.717, 1.165) is 52.0 Å². The molecule has 1 aromatic heterocycles. The lowest BCUT2D eigenvalue weighted by Gasteiger charge is -2.38. The molecule has 0 bridgehead atoms. The smallest absolute Gasteiger partial charge is 0.410 e. The third-order valence-corrected chi connectivity index (χ3v) is 10.8. The molecular formula is C30H39N3O4S2. The first-order chi connectivity index (χ1) is 18.4. The number of ether oxygens (including phenoxy) is 1. The highest BCUT2D eigenvalue weighted by atomic mass is 32.2. The fourth-order valence-electron chi connectivity index (χ4n) is 5.54. The Kier molecular flexibility index (Phi) is 7.79. The topological polar surface area (TPSA) is 79.8 Å². The molecule has 2 saturated heterocycles. The highest BCUT2D eigenvalue weighted by molar-refractivity contribution is 7.89. The molecule has 0 aliphatic carbocycles. The van der Waals surface area contributed by atoms with Gasteiger partial charge in [0.15, 0.2) is 0 Å². The van der Waals surface area contributed by atoms with Crippen molar-refractivity contribution in [2.45, 2.75) is 82.8 Å². The van der Waals surface area contributed by atoms with Gasteiger partial charge in [0, 0.05) is 25.6 Å². The monoisotopic (exact) mass is 569 g/mol. The Hall–Kier alpha value is -2.49. The summed E-state index contributed by atoms with van der Waals surface area (Å²) in [6.45, 7) is 11.6. The number of carbonyl (C=O) groups is 1. The van der Waals surface area contributed by atoms with Crippen molar-refractivity contribution in [1.29, 1.82) is 0 Å². The van der Waals surface area contributed by atoms with Crippen LogP contribution in [0.2, 0.25) is 0 Å². The van der Waals surface area contributed by atoms with Crippen molar-refractivity contribution >= 4 is 37.7 Å². The molecule has 2 atom stereocenters. The number of likely N-dealkylation sites (tertiary alicyclic amines) is 1. The number of hydrogen-bond acceptors (Lipinski definition) is 6. The van der Waals surface area contributed by atoms with E-state index in [1.165, 1.54) is 0 Å². The summed E-state index contributed by atoms with van der Waals surface area (Å²) in [5.74, 6) is 0.612. The van der Waals surface area contributed by atoms with E-state index in [2.05, 4.69) is 25.1 Å². The molecule has 2 aliphatic heterocycles. The third-order valence-electron chi connectivity index (χ3n) is 7.71. The van der Waals surface area contributed by atoms with Crippen molar-refractivity contribution < 1.29 is 17.9 Å². The van der Waals surface area contributed by atoms with Crippen molar-refractivity contribution in [2.24, 2.45) is 5.92 Å². The highest BCUT2D eigenvalue weighted by Crippen LogP contribution is 2.40. The molecule has 210 valence electrons. The third kappa shape index (κ3) is 6.15. The Morgan fingerprint density at radius 1 is 1.03 bits per heavy atom. The SMILES string of the molecule is Cc1ccc(S(=O)(=O)N2C[C@@H](C)CC[C@@H]2c2ccc3sc(C4CCN(C(=O)OC(C)(C)C)CC4)nc3c2)cc1. The molecule has 0 radical (unpaired) electrons. The molecular weight excluding hydrogens is 530 g/mol. The standard InChI is InChI=1S/C30H39N3O4S2/c1-20-6-10-24(11-7-20)39(35,36)33-19-21(2)8-12-26(33)23-9-13-27-25(18-23)31-28(38-27)22-14-16-32(17-15-22)29(34)37-30(3,4)5/h6-7,9-11,13,18,21-22,26H,8,12,14-17,19H2,1-5H3/t21-,26+/m0/s1. The predicted octanol–water partition coefficient (Wildman–Crippen LogP) is 6.88. The summed E-state index contributed by atoms with van der Waals surface area (Å²) in [4.78, 5) is 19.6. The van der Waals surface area contributed by atoms with Crippen LogP contribution in [0.3, 0.4) is 0 Å². The maximum atomic E-state index is 13.7. The molecule has 2 aromatic carbocycles. The van der Waals surface area contributed by atoms with E-state index in [0.29, 0.717) is 36.4 Å². The Balaban J connectivity index is 1.35. The summed E-state index contributed by atoms with van der Waals surface area (Å²) >= 11 is 1.71. The van der Waals surface area contributed by atoms with Crippen molar-refractivity contribution in [3.8, 4) is 0 Å². The van der Waals surface area contributed by atoms with Gasteiger partial charge < -0.3 is 9.64 Å². The van der Waals surface area contributed by atoms with Gasteiger partial charge in [0.1, 0.15) is 5.60 Å². The van der Waals surface area contributed by atoms with Gasteiger partial charge >= 0.3 is 6.09 Å². The van der Waals surface area contributed by atoms with Crippen LogP contribution in [0.1, 0.15) is 81.5 Å². The quantitative estimate of drug-likeness (QED) is 0.342. The number of benzene rings is 2. The molecule has 9 heteroatoms. The molecule has 39 heavy (non-hydrogen) atoms. The van der Waals surface area contributed by atoms with Crippen LogP contribution in [0, 0.1) is 12.8 Å². The summed E-state index contributed by atoms with van der Waals surface area (Å²) < 4.78 is 35.8. The Morgan fingerprint density at radius 3 is 2.38 bits per heavy atom. The van der Waals surface area contributed by atoms with Crippen LogP contribution in [0.25, 0.3) is 10.2 Å². The van der Waals surface area contributed by atoms with E-state index in [9.17, 15) is 13.2 Å². The normalized spacial score (nSPS) is 21.8. The van der Waals surface area contributed by atoms with Crippen molar-refractivity contribution in [3.05, 3.63) is 58.6 Å². The van der Waals surface area contributed by atoms with E-state index in [4.69, 9.17) is 9.72 Å². The maximum Gasteiger partial charge on any atom is 0.410 e. The van der Waals surface area contributed by atoms with E-state index >= 15 is 0 Å². The number of sulfonamides is 1. The molecule has 0 unspecified atom stereocenters. The summed E-state index contributed by atoms with van der Waals surface area (Å²) in [5, 5.41) is 1.09. The minimum atomic E-state index is -3.63. The molecule has 7 nitrogen and oxygen atoms in total.